The number of aromatic nitrogens is 2. The average molecular weight is 645 g/mol. The summed E-state index contributed by atoms with van der Waals surface area (Å²) in [5, 5.41) is 10.4. The van der Waals surface area contributed by atoms with Crippen LogP contribution in [0, 0.1) is 11.8 Å². The van der Waals surface area contributed by atoms with Gasteiger partial charge < -0.3 is 24.2 Å². The number of nitrogens with zero attached hydrogens (tertiary/aromatic N) is 4. The summed E-state index contributed by atoms with van der Waals surface area (Å²) in [6, 6.07) is 9.79. The van der Waals surface area contributed by atoms with Gasteiger partial charge >= 0.3 is 12.1 Å². The van der Waals surface area contributed by atoms with Crippen molar-refractivity contribution in [2.45, 2.75) is 64.0 Å². The molecule has 238 valence electrons. The molecule has 0 spiro atoms. The van der Waals surface area contributed by atoms with Gasteiger partial charge in [-0.15, -0.1) is 0 Å². The zero-order valence-corrected chi connectivity index (χ0v) is 25.1. The number of halogens is 4. The molecule has 6 rings (SSSR count). The van der Waals surface area contributed by atoms with Gasteiger partial charge in [-0.2, -0.15) is 13.2 Å². The van der Waals surface area contributed by atoms with Gasteiger partial charge in [0, 0.05) is 48.2 Å². The number of benzene rings is 2. The van der Waals surface area contributed by atoms with Crippen molar-refractivity contribution in [2.75, 3.05) is 13.1 Å². The number of rotatable bonds is 8. The molecular formula is C32H32ClF3N4O5. The first-order valence-corrected chi connectivity index (χ1v) is 15.3. The number of carbonyl (C=O) groups excluding carboxylic acids is 2. The number of carboxylic acid groups (broad SMARTS) is 1. The number of imidazole rings is 1. The maximum Gasteiger partial charge on any atom is 0.406 e. The van der Waals surface area contributed by atoms with E-state index >= 15 is 0 Å². The minimum Gasteiger partial charge on any atom is -0.485 e. The lowest BCUT2D eigenvalue weighted by atomic mass is 9.77. The van der Waals surface area contributed by atoms with Crippen LogP contribution in [0.1, 0.15) is 64.6 Å². The number of carboxylic acids is 1. The Balaban J connectivity index is 1.36. The van der Waals surface area contributed by atoms with Gasteiger partial charge in [-0.25, -0.2) is 4.98 Å². The number of ether oxygens (including phenoxy) is 1. The van der Waals surface area contributed by atoms with Crippen molar-refractivity contribution in [2.24, 2.45) is 11.8 Å². The summed E-state index contributed by atoms with van der Waals surface area (Å²) in [7, 11) is 0. The summed E-state index contributed by atoms with van der Waals surface area (Å²) < 4.78 is 46.5. The van der Waals surface area contributed by atoms with Crippen molar-refractivity contribution in [1.29, 1.82) is 0 Å². The van der Waals surface area contributed by atoms with E-state index in [4.69, 9.17) is 16.3 Å². The molecule has 1 aliphatic carbocycles. The first-order valence-electron chi connectivity index (χ1n) is 14.9. The van der Waals surface area contributed by atoms with Crippen LogP contribution in [0.2, 0.25) is 5.02 Å². The van der Waals surface area contributed by atoms with Crippen LogP contribution in [0.15, 0.2) is 48.8 Å². The number of carbonyl (C=O) groups is 3. The van der Waals surface area contributed by atoms with Gasteiger partial charge in [0.1, 0.15) is 24.7 Å². The van der Waals surface area contributed by atoms with Gasteiger partial charge in [-0.1, -0.05) is 42.6 Å². The number of hydrogen-bond acceptors (Lipinski definition) is 5. The van der Waals surface area contributed by atoms with Crippen LogP contribution in [0.3, 0.4) is 0 Å². The fraction of sp³-hybridized carbons (Fsp3) is 0.438. The largest absolute Gasteiger partial charge is 0.485 e. The molecule has 45 heavy (non-hydrogen) atoms. The van der Waals surface area contributed by atoms with Crippen molar-refractivity contribution in [1.82, 2.24) is 19.4 Å². The van der Waals surface area contributed by atoms with Crippen molar-refractivity contribution in [3.8, 4) is 5.75 Å². The monoisotopic (exact) mass is 644 g/mol. The Morgan fingerprint density at radius 1 is 1.09 bits per heavy atom. The first kappa shape index (κ1) is 30.9. The number of amides is 2. The Morgan fingerprint density at radius 3 is 2.58 bits per heavy atom. The highest BCUT2D eigenvalue weighted by atomic mass is 35.5. The highest BCUT2D eigenvalue weighted by molar-refractivity contribution is 6.31. The Labute approximate surface area is 262 Å². The van der Waals surface area contributed by atoms with Crippen LogP contribution >= 0.6 is 11.6 Å². The summed E-state index contributed by atoms with van der Waals surface area (Å²) >= 11 is 6.68. The molecule has 0 saturated heterocycles. The summed E-state index contributed by atoms with van der Waals surface area (Å²) in [5.41, 5.74) is 2.70. The fourth-order valence-corrected chi connectivity index (χ4v) is 7.18. The molecule has 1 fully saturated rings. The Kier molecular flexibility index (Phi) is 8.51. The van der Waals surface area contributed by atoms with E-state index in [0.29, 0.717) is 53.3 Å². The van der Waals surface area contributed by atoms with E-state index < -0.39 is 36.6 Å². The molecule has 1 unspecified atom stereocenters. The molecule has 2 aromatic carbocycles. The second-order valence-corrected chi connectivity index (χ2v) is 12.2. The van der Waals surface area contributed by atoms with Crippen LogP contribution in [-0.4, -0.2) is 61.5 Å². The molecule has 0 radical (unpaired) electrons. The highest BCUT2D eigenvalue weighted by Gasteiger charge is 2.44. The van der Waals surface area contributed by atoms with E-state index in [1.165, 1.54) is 12.4 Å². The Morgan fingerprint density at radius 2 is 1.84 bits per heavy atom. The fourth-order valence-electron chi connectivity index (χ4n) is 6.92. The maximum absolute atomic E-state index is 14.2. The molecule has 3 aromatic rings. The van der Waals surface area contributed by atoms with E-state index in [1.807, 2.05) is 12.1 Å². The molecule has 2 amide bonds. The zero-order chi connectivity index (χ0) is 31.9. The van der Waals surface area contributed by atoms with Gasteiger partial charge in [0.05, 0.1) is 17.9 Å². The molecule has 9 nitrogen and oxygen atoms in total. The average Bonchev–Trinajstić information content (AvgIpc) is 3.58. The quantitative estimate of drug-likeness (QED) is 0.340. The van der Waals surface area contributed by atoms with Crippen LogP contribution < -0.4 is 4.74 Å². The molecular weight excluding hydrogens is 613 g/mol. The van der Waals surface area contributed by atoms with Crippen LogP contribution in [0.4, 0.5) is 13.2 Å². The number of hydrogen-bond donors (Lipinski definition) is 1. The number of fused-ring (bicyclic) bond motifs is 2. The summed E-state index contributed by atoms with van der Waals surface area (Å²) in [6.45, 7) is -0.825. The predicted molar refractivity (Wildman–Crippen MR) is 156 cm³/mol. The third kappa shape index (κ3) is 6.25. The van der Waals surface area contributed by atoms with Crippen molar-refractivity contribution in [3.05, 3.63) is 81.9 Å². The maximum atomic E-state index is 14.2. The first-order chi connectivity index (χ1) is 21.5. The SMILES string of the molecule is O=C(O)[C@H]1CCCC[C@H]1C(=O)N1CCc2c(Cl)ccc(OCc3nccn3CC(F)(F)F)c2C1CN1Cc2ccccc2C1=O. The molecule has 1 N–H and O–H groups in total. The third-order valence-corrected chi connectivity index (χ3v) is 9.41. The zero-order valence-electron chi connectivity index (χ0n) is 24.3. The Bertz CT molecular complexity index is 1630. The lowest BCUT2D eigenvalue weighted by Crippen LogP contribution is -2.50. The van der Waals surface area contributed by atoms with Crippen molar-refractivity contribution < 1.29 is 37.4 Å². The normalized spacial score (nSPS) is 21.4. The lowest BCUT2D eigenvalue weighted by molar-refractivity contribution is -0.153. The Hall–Kier alpha value is -4.06. The smallest absolute Gasteiger partial charge is 0.406 e. The molecule has 13 heteroatoms. The van der Waals surface area contributed by atoms with E-state index in [-0.39, 0.29) is 37.3 Å². The third-order valence-electron chi connectivity index (χ3n) is 9.05. The highest BCUT2D eigenvalue weighted by Crippen LogP contribution is 2.44. The second kappa shape index (κ2) is 12.4. The van der Waals surface area contributed by atoms with Gasteiger partial charge in [0.25, 0.3) is 5.91 Å². The van der Waals surface area contributed by atoms with E-state index in [1.54, 1.807) is 34.1 Å². The van der Waals surface area contributed by atoms with Gasteiger partial charge in [-0.05, 0) is 48.6 Å². The molecule has 1 saturated carbocycles. The minimum absolute atomic E-state index is 0.0630. The van der Waals surface area contributed by atoms with Crippen LogP contribution in [0.25, 0.3) is 0 Å². The molecule has 0 bridgehead atoms. The van der Waals surface area contributed by atoms with E-state index in [0.717, 1.165) is 23.0 Å². The predicted octanol–water partition coefficient (Wildman–Crippen LogP) is 5.65. The summed E-state index contributed by atoms with van der Waals surface area (Å²) in [6.07, 6.45) is 0.719. The molecule has 2 aliphatic heterocycles. The number of alkyl halides is 3. The number of aliphatic carboxylic acids is 1. The summed E-state index contributed by atoms with van der Waals surface area (Å²) in [4.78, 5) is 47.2. The van der Waals surface area contributed by atoms with E-state index in [9.17, 15) is 32.7 Å². The standard InChI is InChI=1S/C32H32ClF3N4O5/c33-24-9-10-26(45-17-27-37-12-14-38(27)18-32(34,35)36)28-23(24)11-13-40(30(42)21-7-3-4-8-22(21)31(43)44)25(28)16-39-15-19-5-1-2-6-20(19)29(39)41/h1-2,5-6,9-10,12,14,21-22,25H,3-4,7-8,11,13,15-18H2,(H,43,44)/t21-,22+,25?/m1/s1. The summed E-state index contributed by atoms with van der Waals surface area (Å²) in [5.74, 6) is -2.65. The molecule has 3 heterocycles. The second-order valence-electron chi connectivity index (χ2n) is 11.8. The van der Waals surface area contributed by atoms with Crippen molar-refractivity contribution >= 4 is 29.4 Å². The molecule has 1 aromatic heterocycles. The van der Waals surface area contributed by atoms with Gasteiger partial charge in [-0.3, -0.25) is 14.4 Å². The lowest BCUT2D eigenvalue weighted by Gasteiger charge is -2.43. The van der Waals surface area contributed by atoms with Crippen molar-refractivity contribution in [3.63, 3.8) is 0 Å². The van der Waals surface area contributed by atoms with Gasteiger partial charge in [0.2, 0.25) is 5.91 Å². The van der Waals surface area contributed by atoms with Gasteiger partial charge in [0.15, 0.2) is 0 Å². The minimum atomic E-state index is -4.45. The van der Waals surface area contributed by atoms with Crippen LogP contribution in [-0.2, 0) is 35.7 Å². The van der Waals surface area contributed by atoms with E-state index in [2.05, 4.69) is 4.98 Å². The van der Waals surface area contributed by atoms with Crippen LogP contribution in [0.5, 0.6) is 5.75 Å². The molecule has 3 atom stereocenters. The molecule has 3 aliphatic rings. The topological polar surface area (TPSA) is 105 Å².